The summed E-state index contributed by atoms with van der Waals surface area (Å²) < 4.78 is 1.47. The Balaban J connectivity index is 2.50. The van der Waals surface area contributed by atoms with E-state index in [4.69, 9.17) is 10.8 Å². The largest absolute Gasteiger partial charge is 0.505 e. The first-order chi connectivity index (χ1) is 7.58. The second-order valence-electron chi connectivity index (χ2n) is 3.46. The number of aromatic hydroxyl groups is 1. The average Bonchev–Trinajstić information content (AvgIpc) is 2.61. The van der Waals surface area contributed by atoms with Gasteiger partial charge in [0.2, 0.25) is 0 Å². The Bertz CT molecular complexity index is 489. The van der Waals surface area contributed by atoms with Crippen molar-refractivity contribution in [2.24, 2.45) is 5.73 Å². The second kappa shape index (κ2) is 3.86. The molecular weight excluding hydrogens is 208 g/mol. The Morgan fingerprint density at radius 3 is 2.56 bits per heavy atom. The number of nitrogens with zero attached hydrogens (tertiary/aromatic N) is 5. The Hall–Kier alpha value is -2.02. The fourth-order valence-corrected chi connectivity index (χ4v) is 1.30. The van der Waals surface area contributed by atoms with E-state index in [2.05, 4.69) is 20.1 Å². The van der Waals surface area contributed by atoms with Gasteiger partial charge in [-0.05, 0) is 13.8 Å². The van der Waals surface area contributed by atoms with Crippen molar-refractivity contribution in [1.29, 1.82) is 0 Å². The molecule has 2 aromatic heterocycles. The summed E-state index contributed by atoms with van der Waals surface area (Å²) >= 11 is 0. The van der Waals surface area contributed by atoms with E-state index in [0.29, 0.717) is 17.6 Å². The fourth-order valence-electron chi connectivity index (χ4n) is 1.30. The summed E-state index contributed by atoms with van der Waals surface area (Å²) in [7, 11) is 0. The normalized spacial score (nSPS) is 12.7. The monoisotopic (exact) mass is 220 g/mol. The maximum Gasteiger partial charge on any atom is 0.252 e. The Labute approximate surface area is 92.0 Å². The van der Waals surface area contributed by atoms with Crippen molar-refractivity contribution in [1.82, 2.24) is 24.7 Å². The van der Waals surface area contributed by atoms with E-state index in [0.717, 1.165) is 0 Å². The maximum absolute atomic E-state index is 9.09. The Morgan fingerprint density at radius 2 is 2.00 bits per heavy atom. The molecule has 2 aromatic rings. The second-order valence-corrected chi connectivity index (χ2v) is 3.46. The van der Waals surface area contributed by atoms with Gasteiger partial charge >= 0.3 is 0 Å². The molecule has 84 valence electrons. The molecule has 2 rings (SSSR count). The zero-order valence-electron chi connectivity index (χ0n) is 8.99. The predicted molar refractivity (Wildman–Crippen MR) is 56.0 cm³/mol. The summed E-state index contributed by atoms with van der Waals surface area (Å²) in [6, 6.07) is -0.265. The standard InChI is InChI=1S/C9H12N6O/c1-5(10)8-13-6(2)14-15(8)9-11-3-7(16)4-12-9/h3-5,16H,10H2,1-2H3. The van der Waals surface area contributed by atoms with Crippen molar-refractivity contribution in [3.63, 3.8) is 0 Å². The van der Waals surface area contributed by atoms with Crippen LogP contribution in [-0.2, 0) is 0 Å². The lowest BCUT2D eigenvalue weighted by atomic mass is 10.3. The molecule has 2 heterocycles. The average molecular weight is 220 g/mol. The van der Waals surface area contributed by atoms with Crippen LogP contribution in [0, 0.1) is 6.92 Å². The van der Waals surface area contributed by atoms with Gasteiger partial charge < -0.3 is 10.8 Å². The van der Waals surface area contributed by atoms with Crippen molar-refractivity contribution >= 4 is 0 Å². The highest BCUT2D eigenvalue weighted by Crippen LogP contribution is 2.12. The number of hydrogen-bond donors (Lipinski definition) is 2. The number of hydrogen-bond acceptors (Lipinski definition) is 6. The molecule has 1 unspecified atom stereocenters. The van der Waals surface area contributed by atoms with Crippen molar-refractivity contribution in [2.75, 3.05) is 0 Å². The van der Waals surface area contributed by atoms with Gasteiger partial charge in [0.25, 0.3) is 5.95 Å². The van der Waals surface area contributed by atoms with Crippen LogP contribution in [-0.4, -0.2) is 29.8 Å². The minimum absolute atomic E-state index is 0.00272. The van der Waals surface area contributed by atoms with Gasteiger partial charge in [-0.2, -0.15) is 4.68 Å². The molecule has 0 aromatic carbocycles. The summed E-state index contributed by atoms with van der Waals surface area (Å²) in [6.45, 7) is 3.57. The third-order valence-corrected chi connectivity index (χ3v) is 1.96. The lowest BCUT2D eigenvalue weighted by Crippen LogP contribution is -2.14. The zero-order chi connectivity index (χ0) is 11.7. The number of aryl methyl sites for hydroxylation is 1. The highest BCUT2D eigenvalue weighted by molar-refractivity contribution is 5.18. The van der Waals surface area contributed by atoms with E-state index in [1.165, 1.54) is 17.1 Å². The van der Waals surface area contributed by atoms with E-state index in [9.17, 15) is 0 Å². The maximum atomic E-state index is 9.09. The molecule has 16 heavy (non-hydrogen) atoms. The molecule has 0 aliphatic heterocycles. The quantitative estimate of drug-likeness (QED) is 0.743. The molecular formula is C9H12N6O. The van der Waals surface area contributed by atoms with Crippen LogP contribution >= 0.6 is 0 Å². The first-order valence-corrected chi connectivity index (χ1v) is 4.78. The molecule has 0 bridgehead atoms. The zero-order valence-corrected chi connectivity index (χ0v) is 8.99. The SMILES string of the molecule is Cc1nc(C(C)N)n(-c2ncc(O)cn2)n1. The molecule has 0 aliphatic rings. The van der Waals surface area contributed by atoms with Gasteiger partial charge in [-0.3, -0.25) is 0 Å². The van der Waals surface area contributed by atoms with Crippen molar-refractivity contribution in [2.45, 2.75) is 19.9 Å². The molecule has 0 radical (unpaired) electrons. The number of nitrogens with two attached hydrogens (primary N) is 1. The van der Waals surface area contributed by atoms with E-state index in [1.807, 2.05) is 0 Å². The van der Waals surface area contributed by atoms with Crippen LogP contribution < -0.4 is 5.73 Å². The first kappa shape index (κ1) is 10.5. The summed E-state index contributed by atoms with van der Waals surface area (Å²) in [5, 5.41) is 13.2. The molecule has 0 saturated carbocycles. The van der Waals surface area contributed by atoms with Crippen LogP contribution in [0.4, 0.5) is 0 Å². The lowest BCUT2D eigenvalue weighted by Gasteiger charge is -2.05. The third kappa shape index (κ3) is 1.84. The summed E-state index contributed by atoms with van der Waals surface area (Å²) in [4.78, 5) is 12.1. The van der Waals surface area contributed by atoms with E-state index < -0.39 is 0 Å². The van der Waals surface area contributed by atoms with Crippen LogP contribution in [0.1, 0.15) is 24.6 Å². The van der Waals surface area contributed by atoms with Crippen LogP contribution in [0.5, 0.6) is 5.75 Å². The van der Waals surface area contributed by atoms with Crippen LogP contribution in [0.2, 0.25) is 0 Å². The Kier molecular flexibility index (Phi) is 2.53. The van der Waals surface area contributed by atoms with Gasteiger partial charge in [0, 0.05) is 0 Å². The smallest absolute Gasteiger partial charge is 0.252 e. The van der Waals surface area contributed by atoms with E-state index >= 15 is 0 Å². The van der Waals surface area contributed by atoms with E-state index in [-0.39, 0.29) is 11.8 Å². The van der Waals surface area contributed by atoms with Gasteiger partial charge in [0.15, 0.2) is 11.6 Å². The van der Waals surface area contributed by atoms with Crippen LogP contribution in [0.25, 0.3) is 5.95 Å². The minimum Gasteiger partial charge on any atom is -0.505 e. The number of rotatable bonds is 2. The van der Waals surface area contributed by atoms with Crippen molar-refractivity contribution in [3.8, 4) is 11.7 Å². The van der Waals surface area contributed by atoms with E-state index in [1.54, 1.807) is 13.8 Å². The summed E-state index contributed by atoms with van der Waals surface area (Å²) in [5.74, 6) is 1.53. The topological polar surface area (TPSA) is 103 Å². The summed E-state index contributed by atoms with van der Waals surface area (Å²) in [6.07, 6.45) is 2.59. The van der Waals surface area contributed by atoms with Gasteiger partial charge in [-0.25, -0.2) is 15.0 Å². The van der Waals surface area contributed by atoms with Crippen LogP contribution in [0.15, 0.2) is 12.4 Å². The molecule has 3 N–H and O–H groups in total. The molecule has 0 aliphatic carbocycles. The number of aromatic nitrogens is 5. The highest BCUT2D eigenvalue weighted by atomic mass is 16.3. The van der Waals surface area contributed by atoms with Crippen molar-refractivity contribution < 1.29 is 5.11 Å². The molecule has 0 spiro atoms. The molecule has 7 heteroatoms. The lowest BCUT2D eigenvalue weighted by molar-refractivity contribution is 0.468. The molecule has 0 amide bonds. The van der Waals surface area contributed by atoms with Crippen molar-refractivity contribution in [3.05, 3.63) is 24.0 Å². The highest BCUT2D eigenvalue weighted by Gasteiger charge is 2.14. The molecule has 0 saturated heterocycles. The van der Waals surface area contributed by atoms with Gasteiger partial charge in [-0.15, -0.1) is 5.10 Å². The molecule has 7 nitrogen and oxygen atoms in total. The van der Waals surface area contributed by atoms with Gasteiger partial charge in [0.05, 0.1) is 18.4 Å². The minimum atomic E-state index is -0.265. The third-order valence-electron chi connectivity index (χ3n) is 1.96. The predicted octanol–water partition coefficient (Wildman–Crippen LogP) is 0.0910. The summed E-state index contributed by atoms with van der Waals surface area (Å²) in [5.41, 5.74) is 5.77. The van der Waals surface area contributed by atoms with Gasteiger partial charge in [-0.1, -0.05) is 0 Å². The fraction of sp³-hybridized carbons (Fsp3) is 0.333. The molecule has 1 atom stereocenters. The molecule has 0 fully saturated rings. The van der Waals surface area contributed by atoms with Crippen LogP contribution in [0.3, 0.4) is 0 Å². The Morgan fingerprint density at radius 1 is 1.38 bits per heavy atom. The first-order valence-electron chi connectivity index (χ1n) is 4.78. The van der Waals surface area contributed by atoms with Gasteiger partial charge in [0.1, 0.15) is 5.82 Å².